The Morgan fingerprint density at radius 1 is 0.875 bits per heavy atom. The molecule has 0 radical (unpaired) electrons. The Balaban J connectivity index is 2.02. The third-order valence-corrected chi connectivity index (χ3v) is 4.24. The Morgan fingerprint density at radius 3 is 2.29 bits per heavy atom. The Labute approximate surface area is 136 Å². The van der Waals surface area contributed by atoms with Crippen molar-refractivity contribution in [3.63, 3.8) is 0 Å². The van der Waals surface area contributed by atoms with Crippen molar-refractivity contribution in [2.24, 2.45) is 0 Å². The van der Waals surface area contributed by atoms with E-state index >= 15 is 0 Å². The number of benzene rings is 2. The van der Waals surface area contributed by atoms with Crippen LogP contribution in [-0.4, -0.2) is 23.1 Å². The van der Waals surface area contributed by atoms with Gasteiger partial charge in [-0.2, -0.15) is 0 Å². The zero-order valence-corrected chi connectivity index (χ0v) is 12.8. The lowest BCUT2D eigenvalue weighted by molar-refractivity contribution is 0.589. The highest BCUT2D eigenvalue weighted by atomic mass is 19.1. The molecule has 3 nitrogen and oxygen atoms in total. The number of anilines is 1. The van der Waals surface area contributed by atoms with Gasteiger partial charge in [-0.25, -0.2) is 23.1 Å². The monoisotopic (exact) mass is 329 g/mol. The normalized spacial score (nSPS) is 14.5. The van der Waals surface area contributed by atoms with E-state index in [-0.39, 0.29) is 11.3 Å². The first-order valence-corrected chi connectivity index (χ1v) is 7.80. The van der Waals surface area contributed by atoms with Crippen LogP contribution in [0.25, 0.3) is 22.2 Å². The van der Waals surface area contributed by atoms with Gasteiger partial charge in [-0.1, -0.05) is 6.07 Å². The number of hydrogen-bond acceptors (Lipinski definition) is 3. The molecule has 0 aliphatic carbocycles. The summed E-state index contributed by atoms with van der Waals surface area (Å²) in [5.74, 6) is -1.48. The Bertz CT molecular complexity index is 901. The Kier molecular flexibility index (Phi) is 3.59. The molecule has 2 heterocycles. The maximum Gasteiger partial charge on any atom is 0.226 e. The number of hydrogen-bond donors (Lipinski definition) is 0. The fraction of sp³-hybridized carbons (Fsp3) is 0.222. The molecule has 3 aromatic rings. The van der Waals surface area contributed by atoms with Crippen LogP contribution in [0, 0.1) is 17.5 Å². The van der Waals surface area contributed by atoms with Crippen LogP contribution in [0.3, 0.4) is 0 Å². The maximum absolute atomic E-state index is 14.3. The third-order valence-electron chi connectivity index (χ3n) is 4.24. The van der Waals surface area contributed by atoms with Gasteiger partial charge >= 0.3 is 0 Å². The summed E-state index contributed by atoms with van der Waals surface area (Å²) < 4.78 is 42.1. The number of nitrogens with zero attached hydrogens (tertiary/aromatic N) is 3. The second-order valence-electron chi connectivity index (χ2n) is 5.82. The van der Waals surface area contributed by atoms with Crippen LogP contribution in [0.5, 0.6) is 0 Å². The summed E-state index contributed by atoms with van der Waals surface area (Å²) in [6, 6.07) is 7.64. The lowest BCUT2D eigenvalue weighted by Crippen LogP contribution is -2.20. The summed E-state index contributed by atoms with van der Waals surface area (Å²) in [6.07, 6.45) is 2.02. The number of fused-ring (bicyclic) bond motifs is 1. The Morgan fingerprint density at radius 2 is 1.58 bits per heavy atom. The molecule has 0 spiro atoms. The third kappa shape index (κ3) is 2.48. The average molecular weight is 329 g/mol. The van der Waals surface area contributed by atoms with Crippen LogP contribution in [0.1, 0.15) is 12.8 Å². The van der Waals surface area contributed by atoms with Crippen molar-refractivity contribution in [3.8, 4) is 11.3 Å². The van der Waals surface area contributed by atoms with Gasteiger partial charge in [0.2, 0.25) is 5.95 Å². The first-order valence-electron chi connectivity index (χ1n) is 7.80. The number of halogens is 3. The minimum Gasteiger partial charge on any atom is -0.341 e. The molecule has 2 aromatic carbocycles. The Hall–Kier alpha value is -2.63. The molecule has 1 fully saturated rings. The molecule has 1 saturated heterocycles. The highest BCUT2D eigenvalue weighted by Gasteiger charge is 2.21. The lowest BCUT2D eigenvalue weighted by atomic mass is 10.1. The van der Waals surface area contributed by atoms with Crippen molar-refractivity contribution >= 4 is 16.9 Å². The van der Waals surface area contributed by atoms with Gasteiger partial charge < -0.3 is 4.90 Å². The van der Waals surface area contributed by atoms with Gasteiger partial charge in [0.1, 0.15) is 17.5 Å². The molecule has 1 aromatic heterocycles. The predicted octanol–water partition coefficient (Wildman–Crippen LogP) is 4.31. The van der Waals surface area contributed by atoms with E-state index in [4.69, 9.17) is 0 Å². The van der Waals surface area contributed by atoms with Gasteiger partial charge in [-0.05, 0) is 37.1 Å². The smallest absolute Gasteiger partial charge is 0.226 e. The van der Waals surface area contributed by atoms with Crippen LogP contribution < -0.4 is 4.90 Å². The molecule has 0 atom stereocenters. The summed E-state index contributed by atoms with van der Waals surface area (Å²) in [6.45, 7) is 1.56. The molecule has 0 amide bonds. The largest absolute Gasteiger partial charge is 0.341 e. The van der Waals surface area contributed by atoms with Crippen molar-refractivity contribution in [3.05, 3.63) is 53.8 Å². The summed E-state index contributed by atoms with van der Waals surface area (Å²) in [5, 5.41) is 0.420. The van der Waals surface area contributed by atoms with Crippen LogP contribution in [-0.2, 0) is 0 Å². The van der Waals surface area contributed by atoms with Gasteiger partial charge in [-0.15, -0.1) is 0 Å². The quantitative estimate of drug-likeness (QED) is 0.701. The van der Waals surface area contributed by atoms with Gasteiger partial charge in [0.15, 0.2) is 0 Å². The molecule has 1 aliphatic heterocycles. The van der Waals surface area contributed by atoms with E-state index in [9.17, 15) is 13.2 Å². The van der Waals surface area contributed by atoms with Gasteiger partial charge in [0.05, 0.1) is 16.8 Å². The summed E-state index contributed by atoms with van der Waals surface area (Å²) in [7, 11) is 0. The molecule has 0 unspecified atom stereocenters. The van der Waals surface area contributed by atoms with Crippen molar-refractivity contribution in [1.29, 1.82) is 0 Å². The summed E-state index contributed by atoms with van der Waals surface area (Å²) >= 11 is 0. The minimum atomic E-state index is -0.702. The average Bonchev–Trinajstić information content (AvgIpc) is 3.08. The van der Waals surface area contributed by atoms with E-state index < -0.39 is 17.5 Å². The van der Waals surface area contributed by atoms with E-state index in [0.29, 0.717) is 16.9 Å². The van der Waals surface area contributed by atoms with Gasteiger partial charge in [-0.3, -0.25) is 0 Å². The molecule has 1 aliphatic rings. The molecule has 4 rings (SSSR count). The second kappa shape index (κ2) is 5.78. The number of aromatic nitrogens is 2. The molecular formula is C18H14F3N3. The van der Waals surface area contributed by atoms with E-state index in [2.05, 4.69) is 9.97 Å². The standard InChI is InChI=1S/C18H14F3N3/c19-11-6-7-12-15(10-11)22-18(24-8-1-2-9-24)23-17(12)16-13(20)4-3-5-14(16)21/h3-7,10H,1-2,8-9H2. The SMILES string of the molecule is Fc1ccc2c(-c3c(F)cccc3F)nc(N3CCCC3)nc2c1. The number of rotatable bonds is 2. The molecule has 0 N–H and O–H groups in total. The predicted molar refractivity (Wildman–Crippen MR) is 86.3 cm³/mol. The summed E-state index contributed by atoms with van der Waals surface area (Å²) in [4.78, 5) is 10.8. The lowest BCUT2D eigenvalue weighted by Gasteiger charge is -2.17. The van der Waals surface area contributed by atoms with Crippen LogP contribution >= 0.6 is 0 Å². The van der Waals surface area contributed by atoms with Crippen molar-refractivity contribution in [1.82, 2.24) is 9.97 Å². The maximum atomic E-state index is 14.3. The van der Waals surface area contributed by atoms with Gasteiger partial charge in [0.25, 0.3) is 0 Å². The van der Waals surface area contributed by atoms with E-state index in [1.54, 1.807) is 0 Å². The fourth-order valence-electron chi connectivity index (χ4n) is 3.06. The summed E-state index contributed by atoms with van der Waals surface area (Å²) in [5.41, 5.74) is 0.277. The molecule has 122 valence electrons. The molecule has 0 saturated carbocycles. The van der Waals surface area contributed by atoms with Crippen molar-refractivity contribution in [2.75, 3.05) is 18.0 Å². The topological polar surface area (TPSA) is 29.0 Å². The molecular weight excluding hydrogens is 315 g/mol. The van der Waals surface area contributed by atoms with Gasteiger partial charge in [0, 0.05) is 24.5 Å². The zero-order valence-electron chi connectivity index (χ0n) is 12.8. The van der Waals surface area contributed by atoms with Crippen LogP contribution in [0.4, 0.5) is 19.1 Å². The molecule has 6 heteroatoms. The van der Waals surface area contributed by atoms with Crippen LogP contribution in [0.2, 0.25) is 0 Å². The minimum absolute atomic E-state index is 0.150. The zero-order chi connectivity index (χ0) is 16.7. The van der Waals surface area contributed by atoms with E-state index in [1.165, 1.54) is 36.4 Å². The first kappa shape index (κ1) is 14.9. The highest BCUT2D eigenvalue weighted by Crippen LogP contribution is 2.32. The molecule has 0 bridgehead atoms. The van der Waals surface area contributed by atoms with E-state index in [1.807, 2.05) is 4.90 Å². The second-order valence-corrected chi connectivity index (χ2v) is 5.82. The first-order chi connectivity index (χ1) is 11.6. The molecule has 24 heavy (non-hydrogen) atoms. The highest BCUT2D eigenvalue weighted by molar-refractivity contribution is 5.93. The van der Waals surface area contributed by atoms with Crippen molar-refractivity contribution in [2.45, 2.75) is 12.8 Å². The van der Waals surface area contributed by atoms with Crippen molar-refractivity contribution < 1.29 is 13.2 Å². The van der Waals surface area contributed by atoms with Crippen LogP contribution in [0.15, 0.2) is 36.4 Å². The fourth-order valence-corrected chi connectivity index (χ4v) is 3.06. The van der Waals surface area contributed by atoms with E-state index in [0.717, 1.165) is 25.9 Å².